The zero-order chi connectivity index (χ0) is 26.9. The number of carbonyl (C=O) groups excluding carboxylic acids is 1. The summed E-state index contributed by atoms with van der Waals surface area (Å²) in [5.41, 5.74) is 3.33. The van der Waals surface area contributed by atoms with Gasteiger partial charge in [-0.1, -0.05) is 24.3 Å². The molecule has 2 heterocycles. The van der Waals surface area contributed by atoms with Gasteiger partial charge in [0.2, 0.25) is 5.91 Å². The Hall–Kier alpha value is -3.85. The van der Waals surface area contributed by atoms with Crippen LogP contribution in [0.15, 0.2) is 73.1 Å². The number of carbonyl (C=O) groups is 1. The number of para-hydroxylation sites is 2. The second-order valence-corrected chi connectivity index (χ2v) is 9.91. The number of amides is 1. The zero-order valence-electron chi connectivity index (χ0n) is 21.4. The first kappa shape index (κ1) is 25.8. The molecule has 198 valence electrons. The molecule has 4 aromatic rings. The van der Waals surface area contributed by atoms with Gasteiger partial charge >= 0.3 is 6.18 Å². The molecule has 1 amide bonds. The van der Waals surface area contributed by atoms with Gasteiger partial charge in [-0.2, -0.15) is 13.2 Å². The fourth-order valence-electron chi connectivity index (χ4n) is 4.97. The maximum atomic E-state index is 13.7. The standard InChI is InChI=1S/C29H30F3N5O/c1-35-13-11-23(12-14-35)36(2)25-17-21(29(30,31)32)16-22(18-25)34-28(38)15-20-7-9-24(10-8-20)37-19-33-26-5-3-4-6-27(26)37/h3-10,16-19,23H,11-15H2,1-2H3,(H,34,38). The number of nitrogens with zero attached hydrogens (tertiary/aromatic N) is 4. The van der Waals surface area contributed by atoms with Gasteiger partial charge in [-0.25, -0.2) is 4.98 Å². The van der Waals surface area contributed by atoms with E-state index in [0.717, 1.165) is 60.3 Å². The third-order valence-corrected chi connectivity index (χ3v) is 7.20. The Kier molecular flexibility index (Phi) is 7.12. The number of likely N-dealkylation sites (tertiary alicyclic amines) is 1. The van der Waals surface area contributed by atoms with Crippen molar-refractivity contribution < 1.29 is 18.0 Å². The van der Waals surface area contributed by atoms with Gasteiger partial charge in [0.1, 0.15) is 6.33 Å². The van der Waals surface area contributed by atoms with Gasteiger partial charge in [0.15, 0.2) is 0 Å². The lowest BCUT2D eigenvalue weighted by Crippen LogP contribution is -2.42. The first-order valence-corrected chi connectivity index (χ1v) is 12.6. The lowest BCUT2D eigenvalue weighted by molar-refractivity contribution is -0.137. The number of hydrogen-bond donors (Lipinski definition) is 1. The Balaban J connectivity index is 1.31. The maximum Gasteiger partial charge on any atom is 0.416 e. The van der Waals surface area contributed by atoms with Crippen LogP contribution in [-0.4, -0.2) is 53.6 Å². The number of halogens is 3. The van der Waals surface area contributed by atoms with Crippen LogP contribution in [0.5, 0.6) is 0 Å². The molecular formula is C29H30F3N5O. The number of nitrogens with one attached hydrogen (secondary N) is 1. The van der Waals surface area contributed by atoms with E-state index >= 15 is 0 Å². The molecule has 6 nitrogen and oxygen atoms in total. The van der Waals surface area contributed by atoms with E-state index in [1.807, 2.05) is 72.1 Å². The molecule has 0 atom stereocenters. The Morgan fingerprint density at radius 3 is 2.47 bits per heavy atom. The monoisotopic (exact) mass is 521 g/mol. The first-order chi connectivity index (χ1) is 18.2. The van der Waals surface area contributed by atoms with Crippen LogP contribution in [0.1, 0.15) is 24.0 Å². The second-order valence-electron chi connectivity index (χ2n) is 9.91. The van der Waals surface area contributed by atoms with Gasteiger partial charge in [-0.05, 0) is 81.0 Å². The molecule has 1 aromatic heterocycles. The molecule has 0 spiro atoms. The third kappa shape index (κ3) is 5.67. The minimum Gasteiger partial charge on any atom is -0.371 e. The fraction of sp³-hybridized carbons (Fsp3) is 0.310. The van der Waals surface area contributed by atoms with E-state index in [1.165, 1.54) is 0 Å². The highest BCUT2D eigenvalue weighted by molar-refractivity contribution is 5.93. The van der Waals surface area contributed by atoms with Crippen LogP contribution >= 0.6 is 0 Å². The van der Waals surface area contributed by atoms with Crippen LogP contribution in [0, 0.1) is 0 Å². The minimum absolute atomic E-state index is 0.0430. The number of alkyl halides is 3. The van der Waals surface area contributed by atoms with E-state index in [0.29, 0.717) is 5.69 Å². The van der Waals surface area contributed by atoms with Crippen LogP contribution in [-0.2, 0) is 17.4 Å². The molecule has 0 aliphatic carbocycles. The van der Waals surface area contributed by atoms with Crippen LogP contribution in [0.25, 0.3) is 16.7 Å². The van der Waals surface area contributed by atoms with E-state index in [-0.39, 0.29) is 24.1 Å². The topological polar surface area (TPSA) is 53.4 Å². The number of benzene rings is 3. The van der Waals surface area contributed by atoms with Crippen molar-refractivity contribution in [2.24, 2.45) is 0 Å². The summed E-state index contributed by atoms with van der Waals surface area (Å²) < 4.78 is 43.1. The Labute approximate surface area is 219 Å². The average molecular weight is 522 g/mol. The molecule has 9 heteroatoms. The van der Waals surface area contributed by atoms with Gasteiger partial charge in [0.25, 0.3) is 0 Å². The lowest BCUT2D eigenvalue weighted by atomic mass is 10.0. The number of anilines is 2. The molecule has 1 aliphatic heterocycles. The van der Waals surface area contributed by atoms with E-state index < -0.39 is 11.7 Å². The Morgan fingerprint density at radius 2 is 1.76 bits per heavy atom. The van der Waals surface area contributed by atoms with Crippen molar-refractivity contribution in [1.29, 1.82) is 0 Å². The lowest BCUT2D eigenvalue weighted by Gasteiger charge is -2.36. The second kappa shape index (κ2) is 10.5. The SMILES string of the molecule is CN1CCC(N(C)c2cc(NC(=O)Cc3ccc(-n4cnc5ccccc54)cc3)cc(C(F)(F)F)c2)CC1. The molecule has 0 bridgehead atoms. The van der Waals surface area contributed by atoms with Gasteiger partial charge in [0, 0.05) is 30.2 Å². The number of piperidine rings is 1. The zero-order valence-corrected chi connectivity index (χ0v) is 21.4. The highest BCUT2D eigenvalue weighted by atomic mass is 19.4. The molecule has 0 unspecified atom stereocenters. The Morgan fingerprint density at radius 1 is 1.05 bits per heavy atom. The van der Waals surface area contributed by atoms with E-state index in [4.69, 9.17) is 0 Å². The van der Waals surface area contributed by atoms with Crippen molar-refractivity contribution in [3.8, 4) is 5.69 Å². The molecule has 1 fully saturated rings. The molecule has 3 aromatic carbocycles. The van der Waals surface area contributed by atoms with E-state index in [1.54, 1.807) is 12.4 Å². The highest BCUT2D eigenvalue weighted by Crippen LogP contribution is 2.35. The largest absolute Gasteiger partial charge is 0.416 e. The van der Waals surface area contributed by atoms with Crippen molar-refractivity contribution >= 4 is 28.3 Å². The molecule has 0 radical (unpaired) electrons. The number of imidazole rings is 1. The highest BCUT2D eigenvalue weighted by Gasteiger charge is 2.32. The summed E-state index contributed by atoms with van der Waals surface area (Å²) in [6.45, 7) is 1.79. The minimum atomic E-state index is -4.52. The van der Waals surface area contributed by atoms with Crippen molar-refractivity contribution in [2.75, 3.05) is 37.4 Å². The molecule has 1 N–H and O–H groups in total. The molecule has 1 aliphatic rings. The summed E-state index contributed by atoms with van der Waals surface area (Å²) in [6.07, 6.45) is -0.983. The molecular weight excluding hydrogens is 491 g/mol. The van der Waals surface area contributed by atoms with Gasteiger partial charge in [-0.15, -0.1) is 0 Å². The van der Waals surface area contributed by atoms with Crippen LogP contribution < -0.4 is 10.2 Å². The number of fused-ring (bicyclic) bond motifs is 1. The summed E-state index contributed by atoms with van der Waals surface area (Å²) in [5.74, 6) is -0.377. The summed E-state index contributed by atoms with van der Waals surface area (Å²) in [7, 11) is 3.86. The number of rotatable bonds is 6. The first-order valence-electron chi connectivity index (χ1n) is 12.6. The molecule has 0 saturated carbocycles. The molecule has 5 rings (SSSR count). The van der Waals surface area contributed by atoms with Crippen molar-refractivity contribution in [3.63, 3.8) is 0 Å². The number of hydrogen-bond acceptors (Lipinski definition) is 4. The summed E-state index contributed by atoms with van der Waals surface area (Å²) in [6, 6.07) is 19.2. The number of aromatic nitrogens is 2. The maximum absolute atomic E-state index is 13.7. The summed E-state index contributed by atoms with van der Waals surface area (Å²) >= 11 is 0. The van der Waals surface area contributed by atoms with Gasteiger partial charge in [-0.3, -0.25) is 9.36 Å². The van der Waals surface area contributed by atoms with Crippen molar-refractivity contribution in [1.82, 2.24) is 14.5 Å². The van der Waals surface area contributed by atoms with Crippen LogP contribution in [0.3, 0.4) is 0 Å². The summed E-state index contributed by atoms with van der Waals surface area (Å²) in [5, 5.41) is 2.69. The average Bonchev–Trinajstić information content (AvgIpc) is 3.33. The van der Waals surface area contributed by atoms with Crippen LogP contribution in [0.4, 0.5) is 24.5 Å². The van der Waals surface area contributed by atoms with Crippen molar-refractivity contribution in [3.05, 3.63) is 84.2 Å². The normalized spacial score (nSPS) is 15.1. The van der Waals surface area contributed by atoms with Crippen LogP contribution in [0.2, 0.25) is 0 Å². The molecule has 1 saturated heterocycles. The fourth-order valence-corrected chi connectivity index (χ4v) is 4.97. The third-order valence-electron chi connectivity index (χ3n) is 7.20. The predicted octanol–water partition coefficient (Wildman–Crippen LogP) is 5.76. The van der Waals surface area contributed by atoms with E-state index in [9.17, 15) is 18.0 Å². The smallest absolute Gasteiger partial charge is 0.371 e. The Bertz CT molecular complexity index is 1420. The van der Waals surface area contributed by atoms with E-state index in [2.05, 4.69) is 15.2 Å². The molecule has 38 heavy (non-hydrogen) atoms. The van der Waals surface area contributed by atoms with Gasteiger partial charge < -0.3 is 15.1 Å². The van der Waals surface area contributed by atoms with Crippen molar-refractivity contribution in [2.45, 2.75) is 31.5 Å². The quantitative estimate of drug-likeness (QED) is 0.351. The van der Waals surface area contributed by atoms with Gasteiger partial charge in [0.05, 0.1) is 23.0 Å². The predicted molar refractivity (Wildman–Crippen MR) is 144 cm³/mol. The summed E-state index contributed by atoms with van der Waals surface area (Å²) in [4.78, 5) is 21.3.